The maximum Gasteiger partial charge on any atom is 0.347 e. The first kappa shape index (κ1) is 14.9. The van der Waals surface area contributed by atoms with Crippen molar-refractivity contribution in [3.8, 4) is 5.75 Å². The van der Waals surface area contributed by atoms with Crippen LogP contribution >= 0.6 is 11.6 Å². The number of fused-ring (bicyclic) bond motifs is 1. The Hall–Kier alpha value is -2.04. The second kappa shape index (κ2) is 5.99. The summed E-state index contributed by atoms with van der Waals surface area (Å²) in [6.07, 6.45) is 0. The van der Waals surface area contributed by atoms with Gasteiger partial charge in [-0.1, -0.05) is 41.9 Å². The van der Waals surface area contributed by atoms with Crippen molar-refractivity contribution in [2.24, 2.45) is 0 Å². The molecular formula is C17H15ClO4. The van der Waals surface area contributed by atoms with E-state index in [9.17, 15) is 4.79 Å². The van der Waals surface area contributed by atoms with E-state index in [0.717, 1.165) is 0 Å². The Kier molecular flexibility index (Phi) is 4.05. The third-order valence-electron chi connectivity index (χ3n) is 3.63. The van der Waals surface area contributed by atoms with Crippen LogP contribution in [0.3, 0.4) is 0 Å². The van der Waals surface area contributed by atoms with Crippen LogP contribution in [0.2, 0.25) is 5.02 Å². The molecule has 22 heavy (non-hydrogen) atoms. The van der Waals surface area contributed by atoms with E-state index in [4.69, 9.17) is 25.8 Å². The van der Waals surface area contributed by atoms with E-state index in [1.54, 1.807) is 18.2 Å². The molecular weight excluding hydrogens is 304 g/mol. The molecule has 0 N–H and O–H groups in total. The fraction of sp³-hybridized carbons (Fsp3) is 0.235. The average Bonchev–Trinajstić information content (AvgIpc) is 2.75. The van der Waals surface area contributed by atoms with Crippen LogP contribution in [0.4, 0.5) is 0 Å². The minimum Gasteiger partial charge on any atom is -0.491 e. The first-order valence-corrected chi connectivity index (χ1v) is 7.27. The highest BCUT2D eigenvalue weighted by atomic mass is 35.5. The third kappa shape index (κ3) is 2.34. The van der Waals surface area contributed by atoms with Gasteiger partial charge in [-0.05, 0) is 23.8 Å². The number of methoxy groups -OCH3 is 1. The molecule has 0 amide bonds. The summed E-state index contributed by atoms with van der Waals surface area (Å²) < 4.78 is 16.7. The predicted octanol–water partition coefficient (Wildman–Crippen LogP) is 3.17. The van der Waals surface area contributed by atoms with E-state index >= 15 is 0 Å². The number of carbonyl (C=O) groups is 1. The van der Waals surface area contributed by atoms with Gasteiger partial charge >= 0.3 is 5.97 Å². The minimum atomic E-state index is -1.38. The van der Waals surface area contributed by atoms with Crippen LogP contribution in [0.1, 0.15) is 11.1 Å². The maximum absolute atomic E-state index is 12.7. The first-order valence-electron chi connectivity index (χ1n) is 6.89. The molecule has 1 aliphatic rings. The van der Waals surface area contributed by atoms with E-state index in [0.29, 0.717) is 28.5 Å². The van der Waals surface area contributed by atoms with Crippen LogP contribution in [0.5, 0.6) is 5.75 Å². The van der Waals surface area contributed by atoms with Gasteiger partial charge in [-0.15, -0.1) is 0 Å². The molecule has 0 fully saturated rings. The van der Waals surface area contributed by atoms with Gasteiger partial charge in [-0.25, -0.2) is 4.79 Å². The number of rotatable bonds is 2. The molecule has 2 aromatic carbocycles. The molecule has 0 bridgehead atoms. The SMILES string of the molecule is COC(=O)C1(c2ccccc2)OCCOc2ccc(Cl)cc21. The van der Waals surface area contributed by atoms with Gasteiger partial charge in [-0.3, -0.25) is 0 Å². The van der Waals surface area contributed by atoms with E-state index in [-0.39, 0.29) is 6.61 Å². The van der Waals surface area contributed by atoms with Gasteiger partial charge in [0.15, 0.2) is 0 Å². The molecule has 1 unspecified atom stereocenters. The van der Waals surface area contributed by atoms with E-state index in [1.165, 1.54) is 7.11 Å². The molecule has 1 aliphatic heterocycles. The Bertz CT molecular complexity index is 686. The van der Waals surface area contributed by atoms with Gasteiger partial charge in [0.1, 0.15) is 12.4 Å². The first-order chi connectivity index (χ1) is 10.7. The Morgan fingerprint density at radius 2 is 1.95 bits per heavy atom. The average molecular weight is 319 g/mol. The summed E-state index contributed by atoms with van der Waals surface area (Å²) in [5, 5.41) is 0.497. The van der Waals surface area contributed by atoms with Gasteiger partial charge in [0.25, 0.3) is 0 Å². The van der Waals surface area contributed by atoms with Crippen molar-refractivity contribution >= 4 is 17.6 Å². The van der Waals surface area contributed by atoms with E-state index in [2.05, 4.69) is 0 Å². The van der Waals surface area contributed by atoms with Crippen molar-refractivity contribution in [3.63, 3.8) is 0 Å². The monoisotopic (exact) mass is 318 g/mol. The van der Waals surface area contributed by atoms with Crippen LogP contribution in [-0.2, 0) is 19.9 Å². The normalized spacial score (nSPS) is 20.5. The number of hydrogen-bond acceptors (Lipinski definition) is 4. The van der Waals surface area contributed by atoms with Crippen molar-refractivity contribution in [2.45, 2.75) is 5.60 Å². The summed E-state index contributed by atoms with van der Waals surface area (Å²) in [5.41, 5.74) is -0.154. The second-order valence-electron chi connectivity index (χ2n) is 4.88. The van der Waals surface area contributed by atoms with Crippen molar-refractivity contribution < 1.29 is 19.0 Å². The molecule has 0 spiro atoms. The Balaban J connectivity index is 2.30. The fourth-order valence-corrected chi connectivity index (χ4v) is 2.84. The van der Waals surface area contributed by atoms with Crippen LogP contribution in [-0.4, -0.2) is 26.3 Å². The largest absolute Gasteiger partial charge is 0.491 e. The van der Waals surface area contributed by atoms with Crippen molar-refractivity contribution in [2.75, 3.05) is 20.3 Å². The molecule has 0 saturated heterocycles. The number of hydrogen-bond donors (Lipinski definition) is 0. The number of ether oxygens (including phenoxy) is 3. The molecule has 0 aliphatic carbocycles. The van der Waals surface area contributed by atoms with Crippen molar-refractivity contribution in [1.29, 1.82) is 0 Å². The third-order valence-corrected chi connectivity index (χ3v) is 3.87. The van der Waals surface area contributed by atoms with Gasteiger partial charge in [-0.2, -0.15) is 0 Å². The minimum absolute atomic E-state index is 0.260. The van der Waals surface area contributed by atoms with E-state index in [1.807, 2.05) is 30.3 Å². The summed E-state index contributed by atoms with van der Waals surface area (Å²) >= 11 is 6.13. The van der Waals surface area contributed by atoms with Gasteiger partial charge in [0, 0.05) is 10.6 Å². The molecule has 0 radical (unpaired) electrons. The lowest BCUT2D eigenvalue weighted by Gasteiger charge is -2.31. The summed E-state index contributed by atoms with van der Waals surface area (Å²) in [5.74, 6) is 0.0591. The molecule has 114 valence electrons. The summed E-state index contributed by atoms with van der Waals surface area (Å²) in [6, 6.07) is 14.4. The van der Waals surface area contributed by atoms with Crippen LogP contribution in [0.15, 0.2) is 48.5 Å². The Morgan fingerprint density at radius 3 is 2.68 bits per heavy atom. The van der Waals surface area contributed by atoms with Crippen molar-refractivity contribution in [3.05, 3.63) is 64.7 Å². The fourth-order valence-electron chi connectivity index (χ4n) is 2.67. The lowest BCUT2D eigenvalue weighted by Crippen LogP contribution is -2.41. The molecule has 1 atom stereocenters. The highest BCUT2D eigenvalue weighted by Crippen LogP contribution is 2.42. The van der Waals surface area contributed by atoms with Crippen LogP contribution in [0, 0.1) is 0 Å². The molecule has 4 nitrogen and oxygen atoms in total. The molecule has 3 rings (SSSR count). The molecule has 2 aromatic rings. The molecule has 0 aromatic heterocycles. The highest BCUT2D eigenvalue weighted by molar-refractivity contribution is 6.30. The summed E-state index contributed by atoms with van der Waals surface area (Å²) in [7, 11) is 1.34. The van der Waals surface area contributed by atoms with Crippen LogP contribution in [0.25, 0.3) is 0 Å². The van der Waals surface area contributed by atoms with E-state index < -0.39 is 11.6 Å². The summed E-state index contributed by atoms with van der Waals surface area (Å²) in [6.45, 7) is 0.608. The van der Waals surface area contributed by atoms with Crippen molar-refractivity contribution in [1.82, 2.24) is 0 Å². The predicted molar refractivity (Wildman–Crippen MR) is 82.1 cm³/mol. The van der Waals surface area contributed by atoms with Crippen LogP contribution < -0.4 is 4.74 Å². The highest BCUT2D eigenvalue weighted by Gasteiger charge is 2.48. The van der Waals surface area contributed by atoms with Gasteiger partial charge in [0.05, 0.1) is 13.7 Å². The smallest absolute Gasteiger partial charge is 0.347 e. The molecule has 5 heteroatoms. The number of carbonyl (C=O) groups excluding carboxylic acids is 1. The Labute approximate surface area is 133 Å². The molecule has 1 heterocycles. The zero-order valence-corrected chi connectivity index (χ0v) is 12.8. The topological polar surface area (TPSA) is 44.8 Å². The maximum atomic E-state index is 12.7. The summed E-state index contributed by atoms with van der Waals surface area (Å²) in [4.78, 5) is 12.7. The quantitative estimate of drug-likeness (QED) is 0.798. The number of halogens is 1. The zero-order valence-electron chi connectivity index (χ0n) is 12.0. The van der Waals surface area contributed by atoms with Gasteiger partial charge < -0.3 is 14.2 Å². The second-order valence-corrected chi connectivity index (χ2v) is 5.31. The number of benzene rings is 2. The lowest BCUT2D eigenvalue weighted by atomic mass is 9.85. The Morgan fingerprint density at radius 1 is 1.18 bits per heavy atom. The zero-order chi connectivity index (χ0) is 15.6. The van der Waals surface area contributed by atoms with Gasteiger partial charge in [0.2, 0.25) is 5.60 Å². The molecule has 0 saturated carbocycles. The lowest BCUT2D eigenvalue weighted by molar-refractivity contribution is -0.165. The standard InChI is InChI=1S/C17H15ClO4/c1-20-16(19)17(12-5-3-2-4-6-12)14-11-13(18)7-8-15(14)21-9-10-22-17/h2-8,11H,9-10H2,1H3. The number of esters is 1.